The first-order valence-corrected chi connectivity index (χ1v) is 9.35. The second-order valence-electron chi connectivity index (χ2n) is 5.41. The molecule has 0 saturated carbocycles. The predicted octanol–water partition coefficient (Wildman–Crippen LogP) is 3.14. The zero-order valence-corrected chi connectivity index (χ0v) is 14.6. The highest BCUT2D eigenvalue weighted by molar-refractivity contribution is 7.89. The molecule has 0 amide bonds. The summed E-state index contributed by atoms with van der Waals surface area (Å²) in [5.41, 5.74) is 0. The van der Waals surface area contributed by atoms with Gasteiger partial charge in [0.25, 0.3) is 0 Å². The molecule has 0 unspecified atom stereocenters. The fourth-order valence-electron chi connectivity index (χ4n) is 2.63. The van der Waals surface area contributed by atoms with E-state index in [0.29, 0.717) is 19.0 Å². The fourth-order valence-corrected chi connectivity index (χ4v) is 4.82. The van der Waals surface area contributed by atoms with Crippen LogP contribution in [0.25, 0.3) is 0 Å². The van der Waals surface area contributed by atoms with E-state index in [2.05, 4.69) is 5.32 Å². The number of nitrogens with one attached hydrogen (secondary N) is 1. The first kappa shape index (κ1) is 17.9. The average molecular weight is 369 g/mol. The molecule has 1 fully saturated rings. The zero-order chi connectivity index (χ0) is 16.3. The third-order valence-electron chi connectivity index (χ3n) is 3.99. The maximum atomic E-state index is 13.7. The molecule has 1 aliphatic heterocycles. The third-order valence-corrected chi connectivity index (χ3v) is 6.71. The number of benzene rings is 1. The maximum Gasteiger partial charge on any atom is 0.244 e. The van der Waals surface area contributed by atoms with Crippen molar-refractivity contribution in [2.75, 3.05) is 26.7 Å². The Morgan fingerprint density at radius 2 is 1.95 bits per heavy atom. The Bertz CT molecular complexity index is 632. The summed E-state index contributed by atoms with van der Waals surface area (Å²) in [5.74, 6) is -0.385. The lowest BCUT2D eigenvalue weighted by molar-refractivity contribution is 0.263. The van der Waals surface area contributed by atoms with Crippen molar-refractivity contribution in [1.29, 1.82) is 0 Å². The number of hydrogen-bond acceptors (Lipinski definition) is 3. The smallest absolute Gasteiger partial charge is 0.244 e. The lowest BCUT2D eigenvalue weighted by atomic mass is 9.95. The van der Waals surface area contributed by atoms with E-state index in [1.54, 1.807) is 0 Å². The summed E-state index contributed by atoms with van der Waals surface area (Å²) in [6, 6.07) is 2.48. The summed E-state index contributed by atoms with van der Waals surface area (Å²) in [4.78, 5) is -0.218. The van der Waals surface area contributed by atoms with Crippen LogP contribution in [0.15, 0.2) is 17.0 Å². The van der Waals surface area contributed by atoms with E-state index in [4.69, 9.17) is 23.2 Å². The lowest BCUT2D eigenvalue weighted by Gasteiger charge is -2.31. The van der Waals surface area contributed by atoms with E-state index in [1.807, 2.05) is 7.05 Å². The lowest BCUT2D eigenvalue weighted by Crippen LogP contribution is -2.39. The number of nitrogens with zero attached hydrogens (tertiary/aromatic N) is 1. The summed E-state index contributed by atoms with van der Waals surface area (Å²) in [7, 11) is -1.89. The van der Waals surface area contributed by atoms with E-state index in [9.17, 15) is 12.8 Å². The van der Waals surface area contributed by atoms with E-state index in [0.717, 1.165) is 25.8 Å². The van der Waals surface area contributed by atoms with Gasteiger partial charge in [-0.3, -0.25) is 0 Å². The normalized spacial score (nSPS) is 17.8. The highest BCUT2D eigenvalue weighted by Gasteiger charge is 2.31. The molecule has 0 spiro atoms. The number of sulfonamides is 1. The molecule has 22 heavy (non-hydrogen) atoms. The number of piperidine rings is 1. The molecule has 1 saturated heterocycles. The van der Waals surface area contributed by atoms with Crippen LogP contribution >= 0.6 is 23.2 Å². The number of rotatable bonds is 5. The van der Waals surface area contributed by atoms with Crippen LogP contribution in [0.4, 0.5) is 4.39 Å². The summed E-state index contributed by atoms with van der Waals surface area (Å²) in [5, 5.41) is 2.47. The molecule has 4 nitrogen and oxygen atoms in total. The molecular formula is C14H19Cl2FN2O2S. The Morgan fingerprint density at radius 3 is 2.55 bits per heavy atom. The summed E-state index contributed by atoms with van der Waals surface area (Å²) in [6.45, 7) is 1.78. The summed E-state index contributed by atoms with van der Waals surface area (Å²) >= 11 is 11.4. The van der Waals surface area contributed by atoms with Gasteiger partial charge < -0.3 is 5.32 Å². The Balaban J connectivity index is 2.14. The summed E-state index contributed by atoms with van der Waals surface area (Å²) in [6.07, 6.45) is 2.63. The zero-order valence-electron chi connectivity index (χ0n) is 12.3. The van der Waals surface area contributed by atoms with Crippen molar-refractivity contribution < 1.29 is 12.8 Å². The molecule has 1 heterocycles. The molecular weight excluding hydrogens is 350 g/mol. The molecule has 0 aromatic heterocycles. The minimum absolute atomic E-state index is 0.185. The van der Waals surface area contributed by atoms with Crippen LogP contribution in [0, 0.1) is 11.7 Å². The van der Waals surface area contributed by atoms with Crippen molar-refractivity contribution in [1.82, 2.24) is 9.62 Å². The van der Waals surface area contributed by atoms with Gasteiger partial charge in [0.2, 0.25) is 10.0 Å². The van der Waals surface area contributed by atoms with Gasteiger partial charge in [-0.1, -0.05) is 23.2 Å². The van der Waals surface area contributed by atoms with Gasteiger partial charge in [-0.15, -0.1) is 0 Å². The first-order valence-electron chi connectivity index (χ1n) is 7.16. The topological polar surface area (TPSA) is 49.4 Å². The van der Waals surface area contributed by atoms with Crippen molar-refractivity contribution in [2.24, 2.45) is 5.92 Å². The van der Waals surface area contributed by atoms with E-state index < -0.39 is 20.9 Å². The Hall–Kier alpha value is -0.400. The molecule has 1 aromatic rings. The monoisotopic (exact) mass is 368 g/mol. The quantitative estimate of drug-likeness (QED) is 0.812. The second kappa shape index (κ2) is 7.45. The molecule has 2 rings (SSSR count). The van der Waals surface area contributed by atoms with Crippen molar-refractivity contribution in [3.05, 3.63) is 28.0 Å². The summed E-state index contributed by atoms with van der Waals surface area (Å²) < 4.78 is 40.3. The van der Waals surface area contributed by atoms with Crippen LogP contribution in [0.2, 0.25) is 10.0 Å². The van der Waals surface area contributed by atoms with Gasteiger partial charge in [-0.25, -0.2) is 12.8 Å². The van der Waals surface area contributed by atoms with Gasteiger partial charge in [0, 0.05) is 13.1 Å². The van der Waals surface area contributed by atoms with Gasteiger partial charge in [0.1, 0.15) is 4.90 Å². The Kier molecular flexibility index (Phi) is 6.07. The van der Waals surface area contributed by atoms with Crippen molar-refractivity contribution in [2.45, 2.75) is 24.2 Å². The standard InChI is InChI=1S/C14H19Cl2FN2O2S/c1-18-7-4-10-5-8-19(9-6-10)22(20,21)12-3-2-11(15)14(17)13(12)16/h2-3,10,18H,4-9H2,1H3. The van der Waals surface area contributed by atoms with Gasteiger partial charge in [0.05, 0.1) is 10.0 Å². The van der Waals surface area contributed by atoms with Crippen LogP contribution < -0.4 is 5.32 Å². The maximum absolute atomic E-state index is 13.7. The van der Waals surface area contributed by atoms with E-state index in [-0.39, 0.29) is 9.92 Å². The molecule has 1 aromatic carbocycles. The van der Waals surface area contributed by atoms with Crippen molar-refractivity contribution in [3.63, 3.8) is 0 Å². The molecule has 0 radical (unpaired) electrons. The Labute approximate surface area is 140 Å². The molecule has 0 atom stereocenters. The second-order valence-corrected chi connectivity index (χ2v) is 8.10. The van der Waals surface area contributed by atoms with Crippen LogP contribution in [0.5, 0.6) is 0 Å². The van der Waals surface area contributed by atoms with Gasteiger partial charge in [-0.05, 0) is 50.9 Å². The molecule has 1 aliphatic rings. The third kappa shape index (κ3) is 3.74. The van der Waals surface area contributed by atoms with Crippen LogP contribution in [-0.4, -0.2) is 39.4 Å². The number of halogens is 3. The highest BCUT2D eigenvalue weighted by atomic mass is 35.5. The number of hydrogen-bond donors (Lipinski definition) is 1. The van der Waals surface area contributed by atoms with E-state index in [1.165, 1.54) is 16.4 Å². The SMILES string of the molecule is CNCCC1CCN(S(=O)(=O)c2ccc(Cl)c(F)c2Cl)CC1. The van der Waals surface area contributed by atoms with Gasteiger partial charge >= 0.3 is 0 Å². The average Bonchev–Trinajstić information content (AvgIpc) is 2.51. The van der Waals surface area contributed by atoms with Crippen LogP contribution in [0.3, 0.4) is 0 Å². The molecule has 0 bridgehead atoms. The Morgan fingerprint density at radius 1 is 1.32 bits per heavy atom. The molecule has 8 heteroatoms. The fraction of sp³-hybridized carbons (Fsp3) is 0.571. The van der Waals surface area contributed by atoms with Gasteiger partial charge in [0.15, 0.2) is 5.82 Å². The van der Waals surface area contributed by atoms with E-state index >= 15 is 0 Å². The van der Waals surface area contributed by atoms with Crippen molar-refractivity contribution in [3.8, 4) is 0 Å². The van der Waals surface area contributed by atoms with Crippen LogP contribution in [-0.2, 0) is 10.0 Å². The minimum Gasteiger partial charge on any atom is -0.320 e. The highest BCUT2D eigenvalue weighted by Crippen LogP contribution is 2.33. The first-order chi connectivity index (χ1) is 10.4. The molecule has 0 aliphatic carbocycles. The predicted molar refractivity (Wildman–Crippen MR) is 86.4 cm³/mol. The minimum atomic E-state index is -3.79. The van der Waals surface area contributed by atoms with Crippen molar-refractivity contribution >= 4 is 33.2 Å². The molecule has 124 valence electrons. The van der Waals surface area contributed by atoms with Crippen LogP contribution in [0.1, 0.15) is 19.3 Å². The largest absolute Gasteiger partial charge is 0.320 e. The molecule has 1 N–H and O–H groups in total. The van der Waals surface area contributed by atoms with Gasteiger partial charge in [-0.2, -0.15) is 4.31 Å².